The summed E-state index contributed by atoms with van der Waals surface area (Å²) in [5.74, 6) is -0.331. The fourth-order valence-corrected chi connectivity index (χ4v) is 6.46. The number of nitrogens with one attached hydrogen (secondary N) is 1. The second-order valence-electron chi connectivity index (χ2n) is 12.3. The molecule has 1 fully saturated rings. The molecule has 1 N–H and O–H groups in total. The minimum Gasteiger partial charge on any atom is -0.493 e. The predicted molar refractivity (Wildman–Crippen MR) is 168 cm³/mol. The molecule has 1 aromatic carbocycles. The number of ether oxygens (including phenoxy) is 3. The number of aryl methyl sites for hydroxylation is 1. The van der Waals surface area contributed by atoms with Gasteiger partial charge in [0.15, 0.2) is 0 Å². The van der Waals surface area contributed by atoms with Crippen LogP contribution in [0.4, 0.5) is 4.39 Å². The zero-order valence-electron chi connectivity index (χ0n) is 26.5. The second kappa shape index (κ2) is 12.9. The van der Waals surface area contributed by atoms with Crippen molar-refractivity contribution in [2.75, 3.05) is 19.8 Å². The molecule has 0 aliphatic carbocycles. The monoisotopic (exact) mass is 642 g/mol. The molecule has 0 spiro atoms. The average Bonchev–Trinajstić information content (AvgIpc) is 3.57. The first kappa shape index (κ1) is 32.5. The molecule has 14 heteroatoms. The Balaban J connectivity index is 1.72. The second-order valence-corrected chi connectivity index (χ2v) is 13.3. The summed E-state index contributed by atoms with van der Waals surface area (Å²) in [5, 5.41) is 12.1. The van der Waals surface area contributed by atoms with E-state index in [2.05, 4.69) is 15.5 Å². The molecule has 4 heterocycles. The van der Waals surface area contributed by atoms with Gasteiger partial charge in [0.2, 0.25) is 5.91 Å². The van der Waals surface area contributed by atoms with Crippen molar-refractivity contribution in [2.24, 2.45) is 5.92 Å². The van der Waals surface area contributed by atoms with Crippen LogP contribution in [0.3, 0.4) is 0 Å². The smallest absolute Gasteiger partial charge is 0.333 e. The molecule has 45 heavy (non-hydrogen) atoms. The van der Waals surface area contributed by atoms with Crippen LogP contribution in [0.15, 0.2) is 40.2 Å². The number of amides is 1. The minimum absolute atomic E-state index is 0.103. The standard InChI is InChI=1S/C31H39FN6O6S/c1-17(2)35-29(40)31(6,7)37-26(39)25-19(5)27(38-33-10-11-34-38)45-28(25)36(30(37)41)13-24(44-18(3)4)22-12-21(32)8-9-23(22)43-16-20-14-42-15-20/h8-12,17-18,20,24H,13-16H2,1-7H3,(H,35,40)/t24-/m0/s1. The third kappa shape index (κ3) is 6.44. The van der Waals surface area contributed by atoms with Crippen molar-refractivity contribution in [3.8, 4) is 10.8 Å². The number of hydrogen-bond acceptors (Lipinski definition) is 9. The Bertz CT molecular complexity index is 1810. The van der Waals surface area contributed by atoms with Crippen LogP contribution in [0, 0.1) is 18.7 Å². The Hall–Kier alpha value is -3.88. The average molecular weight is 643 g/mol. The highest BCUT2D eigenvalue weighted by Gasteiger charge is 2.36. The van der Waals surface area contributed by atoms with Crippen LogP contribution < -0.4 is 21.3 Å². The number of hydrogen-bond donors (Lipinski definition) is 1. The van der Waals surface area contributed by atoms with Gasteiger partial charge in [0.25, 0.3) is 5.56 Å². The van der Waals surface area contributed by atoms with E-state index >= 15 is 0 Å². The van der Waals surface area contributed by atoms with Gasteiger partial charge in [0.1, 0.15) is 33.0 Å². The highest BCUT2D eigenvalue weighted by Crippen LogP contribution is 2.35. The van der Waals surface area contributed by atoms with Gasteiger partial charge in [-0.25, -0.2) is 13.8 Å². The maximum atomic E-state index is 14.8. The molecular formula is C31H39FN6O6S. The van der Waals surface area contributed by atoms with E-state index in [1.165, 1.54) is 59.1 Å². The Kier molecular flexibility index (Phi) is 9.28. The van der Waals surface area contributed by atoms with Crippen LogP contribution in [-0.4, -0.2) is 62.0 Å². The lowest BCUT2D eigenvalue weighted by Crippen LogP contribution is -2.56. The van der Waals surface area contributed by atoms with E-state index in [4.69, 9.17) is 14.2 Å². The van der Waals surface area contributed by atoms with Crippen molar-refractivity contribution in [2.45, 2.75) is 78.8 Å². The van der Waals surface area contributed by atoms with Gasteiger partial charge in [-0.15, -0.1) is 4.80 Å². The molecule has 1 saturated heterocycles. The quantitative estimate of drug-likeness (QED) is 0.248. The number of fused-ring (bicyclic) bond motifs is 1. The number of halogens is 1. The van der Waals surface area contributed by atoms with Crippen molar-refractivity contribution in [3.63, 3.8) is 0 Å². The van der Waals surface area contributed by atoms with E-state index in [1.54, 1.807) is 26.8 Å². The number of nitrogens with zero attached hydrogens (tertiary/aromatic N) is 5. The summed E-state index contributed by atoms with van der Waals surface area (Å²) in [7, 11) is 0. The lowest BCUT2D eigenvalue weighted by molar-refractivity contribution is -0.129. The van der Waals surface area contributed by atoms with Crippen molar-refractivity contribution in [1.29, 1.82) is 0 Å². The first-order chi connectivity index (χ1) is 21.3. The molecule has 12 nitrogen and oxygen atoms in total. The maximum absolute atomic E-state index is 14.8. The lowest BCUT2D eigenvalue weighted by Gasteiger charge is -2.29. The fraction of sp³-hybridized carbons (Fsp3) is 0.516. The molecule has 1 aliphatic rings. The van der Waals surface area contributed by atoms with Gasteiger partial charge in [0, 0.05) is 23.1 Å². The van der Waals surface area contributed by atoms with Crippen LogP contribution in [0.1, 0.15) is 58.8 Å². The van der Waals surface area contributed by atoms with Crippen molar-refractivity contribution >= 4 is 27.5 Å². The molecule has 1 amide bonds. The molecule has 0 saturated carbocycles. The molecule has 4 aromatic rings. The van der Waals surface area contributed by atoms with E-state index in [0.717, 1.165) is 4.57 Å². The number of benzene rings is 1. The number of rotatable bonds is 12. The van der Waals surface area contributed by atoms with Crippen molar-refractivity contribution in [3.05, 3.63) is 68.4 Å². The van der Waals surface area contributed by atoms with E-state index in [9.17, 15) is 18.8 Å². The molecule has 1 aliphatic heterocycles. The summed E-state index contributed by atoms with van der Waals surface area (Å²) in [6.45, 7) is 13.6. The molecular weight excluding hydrogens is 603 g/mol. The van der Waals surface area contributed by atoms with Gasteiger partial charge in [-0.2, -0.15) is 10.2 Å². The Morgan fingerprint density at radius 3 is 2.47 bits per heavy atom. The summed E-state index contributed by atoms with van der Waals surface area (Å²) in [6.07, 6.45) is 1.86. The molecule has 0 unspecified atom stereocenters. The zero-order chi connectivity index (χ0) is 32.6. The summed E-state index contributed by atoms with van der Waals surface area (Å²) in [5.41, 5.74) is -1.90. The highest BCUT2D eigenvalue weighted by molar-refractivity contribution is 7.21. The first-order valence-electron chi connectivity index (χ1n) is 14.9. The Morgan fingerprint density at radius 2 is 1.87 bits per heavy atom. The van der Waals surface area contributed by atoms with E-state index < -0.39 is 34.6 Å². The van der Waals surface area contributed by atoms with E-state index in [0.29, 0.717) is 46.5 Å². The van der Waals surface area contributed by atoms with Gasteiger partial charge in [-0.05, 0) is 66.7 Å². The number of carbonyl (C=O) groups is 1. The van der Waals surface area contributed by atoms with Crippen LogP contribution in [0.5, 0.6) is 5.75 Å². The molecule has 1 atom stereocenters. The van der Waals surface area contributed by atoms with Gasteiger partial charge in [-0.1, -0.05) is 11.3 Å². The maximum Gasteiger partial charge on any atom is 0.333 e. The van der Waals surface area contributed by atoms with Crippen molar-refractivity contribution in [1.82, 2.24) is 29.4 Å². The molecule has 242 valence electrons. The van der Waals surface area contributed by atoms with Gasteiger partial charge < -0.3 is 19.5 Å². The summed E-state index contributed by atoms with van der Waals surface area (Å²) in [4.78, 5) is 43.8. The number of aromatic nitrogens is 5. The molecule has 0 radical (unpaired) electrons. The number of carbonyl (C=O) groups excluding carboxylic acids is 1. The summed E-state index contributed by atoms with van der Waals surface area (Å²) < 4.78 is 34.9. The Morgan fingerprint density at radius 1 is 1.18 bits per heavy atom. The van der Waals surface area contributed by atoms with Crippen LogP contribution in [0.2, 0.25) is 0 Å². The third-order valence-electron chi connectivity index (χ3n) is 7.61. The summed E-state index contributed by atoms with van der Waals surface area (Å²) in [6, 6.07) is 3.99. The highest BCUT2D eigenvalue weighted by atomic mass is 32.1. The normalized spacial score (nSPS) is 14.7. The molecule has 5 rings (SSSR count). The SMILES string of the molecule is Cc1c(-n2nccn2)sc2c1c(=O)n(C(C)(C)C(=O)NC(C)C)c(=O)n2C[C@H](OC(C)C)c1cc(F)ccc1OCC1COC1. The van der Waals surface area contributed by atoms with Crippen LogP contribution >= 0.6 is 11.3 Å². The largest absolute Gasteiger partial charge is 0.493 e. The topological polar surface area (TPSA) is 132 Å². The van der Waals surface area contributed by atoms with Gasteiger partial charge >= 0.3 is 5.69 Å². The van der Waals surface area contributed by atoms with Crippen LogP contribution in [0.25, 0.3) is 15.2 Å². The fourth-order valence-electron chi connectivity index (χ4n) is 5.24. The van der Waals surface area contributed by atoms with E-state index in [1.807, 2.05) is 13.8 Å². The summed E-state index contributed by atoms with van der Waals surface area (Å²) >= 11 is 1.18. The molecule has 3 aromatic heterocycles. The molecule has 0 bridgehead atoms. The minimum atomic E-state index is -1.56. The third-order valence-corrected chi connectivity index (χ3v) is 8.89. The zero-order valence-corrected chi connectivity index (χ0v) is 27.3. The van der Waals surface area contributed by atoms with E-state index in [-0.39, 0.29) is 30.0 Å². The first-order valence-corrected chi connectivity index (χ1v) is 15.7. The Labute approximate surface area is 263 Å². The number of thiophene rings is 1. The van der Waals surface area contributed by atoms with Gasteiger partial charge in [-0.3, -0.25) is 14.2 Å². The lowest BCUT2D eigenvalue weighted by atomic mass is 10.0. The van der Waals surface area contributed by atoms with Gasteiger partial charge in [0.05, 0.1) is 50.2 Å². The van der Waals surface area contributed by atoms with Crippen molar-refractivity contribution < 1.29 is 23.4 Å². The van der Waals surface area contributed by atoms with Crippen LogP contribution in [-0.2, 0) is 26.4 Å². The predicted octanol–water partition coefficient (Wildman–Crippen LogP) is 3.70.